The van der Waals surface area contributed by atoms with E-state index in [0.29, 0.717) is 13.1 Å². The van der Waals surface area contributed by atoms with Crippen molar-refractivity contribution in [3.63, 3.8) is 0 Å². The second-order valence-electron chi connectivity index (χ2n) is 4.03. The van der Waals surface area contributed by atoms with Crippen molar-refractivity contribution < 1.29 is 4.79 Å². The average molecular weight is 255 g/mol. The largest absolute Gasteiger partial charge is 0.325 e. The SMILES string of the molecule is CCN(CC)C(=O)Nc1cc(C)c(Cl)c(C)c1. The van der Waals surface area contributed by atoms with Gasteiger partial charge in [-0.1, -0.05) is 11.6 Å². The zero-order valence-electron chi connectivity index (χ0n) is 10.8. The Bertz CT molecular complexity index is 391. The van der Waals surface area contributed by atoms with E-state index in [1.807, 2.05) is 39.8 Å². The van der Waals surface area contributed by atoms with Crippen LogP contribution in [0.15, 0.2) is 12.1 Å². The van der Waals surface area contributed by atoms with E-state index in [2.05, 4.69) is 5.32 Å². The van der Waals surface area contributed by atoms with Crippen molar-refractivity contribution in [3.05, 3.63) is 28.3 Å². The smallest absolute Gasteiger partial charge is 0.321 e. The Balaban J connectivity index is 2.85. The van der Waals surface area contributed by atoms with Gasteiger partial charge >= 0.3 is 6.03 Å². The molecule has 94 valence electrons. The minimum Gasteiger partial charge on any atom is -0.325 e. The molecule has 0 fully saturated rings. The van der Waals surface area contributed by atoms with Crippen molar-refractivity contribution in [1.29, 1.82) is 0 Å². The van der Waals surface area contributed by atoms with Crippen LogP contribution < -0.4 is 5.32 Å². The number of benzene rings is 1. The lowest BCUT2D eigenvalue weighted by atomic mass is 10.1. The lowest BCUT2D eigenvalue weighted by Gasteiger charge is -2.19. The Labute approximate surface area is 108 Å². The summed E-state index contributed by atoms with van der Waals surface area (Å²) in [5, 5.41) is 3.64. The summed E-state index contributed by atoms with van der Waals surface area (Å²) >= 11 is 6.08. The van der Waals surface area contributed by atoms with Gasteiger partial charge in [0.25, 0.3) is 0 Å². The van der Waals surface area contributed by atoms with Crippen molar-refractivity contribution in [1.82, 2.24) is 4.90 Å². The van der Waals surface area contributed by atoms with Crippen LogP contribution in [-0.2, 0) is 0 Å². The normalized spacial score (nSPS) is 10.2. The van der Waals surface area contributed by atoms with Gasteiger partial charge in [0.15, 0.2) is 0 Å². The van der Waals surface area contributed by atoms with Crippen LogP contribution in [0.5, 0.6) is 0 Å². The number of carbonyl (C=O) groups is 1. The highest BCUT2D eigenvalue weighted by atomic mass is 35.5. The number of hydrogen-bond donors (Lipinski definition) is 1. The monoisotopic (exact) mass is 254 g/mol. The Morgan fingerprint density at radius 3 is 2.12 bits per heavy atom. The Hall–Kier alpha value is -1.22. The number of rotatable bonds is 3. The predicted octanol–water partition coefficient (Wildman–Crippen LogP) is 3.83. The summed E-state index contributed by atoms with van der Waals surface area (Å²) in [6.45, 7) is 9.19. The first-order chi connectivity index (χ1) is 7.99. The molecule has 1 aromatic carbocycles. The molecule has 4 heteroatoms. The molecule has 0 aliphatic carbocycles. The Morgan fingerprint density at radius 1 is 1.24 bits per heavy atom. The molecule has 2 amide bonds. The van der Waals surface area contributed by atoms with Gasteiger partial charge in [-0.25, -0.2) is 4.79 Å². The standard InChI is InChI=1S/C13H19ClN2O/c1-5-16(6-2)13(17)15-11-7-9(3)12(14)10(4)8-11/h7-8H,5-6H2,1-4H3,(H,15,17). The molecular formula is C13H19ClN2O. The van der Waals surface area contributed by atoms with Crippen LogP contribution in [0.3, 0.4) is 0 Å². The maximum atomic E-state index is 11.9. The Morgan fingerprint density at radius 2 is 1.71 bits per heavy atom. The van der Waals surface area contributed by atoms with E-state index in [9.17, 15) is 4.79 Å². The molecule has 0 atom stereocenters. The van der Waals surface area contributed by atoms with E-state index in [4.69, 9.17) is 11.6 Å². The van der Waals surface area contributed by atoms with Gasteiger partial charge in [-0.2, -0.15) is 0 Å². The summed E-state index contributed by atoms with van der Waals surface area (Å²) in [5.74, 6) is 0. The van der Waals surface area contributed by atoms with Crippen molar-refractivity contribution in [2.45, 2.75) is 27.7 Å². The number of aryl methyl sites for hydroxylation is 2. The van der Waals surface area contributed by atoms with Gasteiger partial charge in [-0.15, -0.1) is 0 Å². The van der Waals surface area contributed by atoms with Gasteiger partial charge in [-0.05, 0) is 51.0 Å². The summed E-state index contributed by atoms with van der Waals surface area (Å²) in [4.78, 5) is 13.6. The number of carbonyl (C=O) groups excluding carboxylic acids is 1. The fourth-order valence-corrected chi connectivity index (χ4v) is 1.84. The maximum absolute atomic E-state index is 11.9. The summed E-state index contributed by atoms with van der Waals surface area (Å²) in [6.07, 6.45) is 0. The first-order valence-corrected chi connectivity index (χ1v) is 6.20. The van der Waals surface area contributed by atoms with Crippen molar-refractivity contribution >= 4 is 23.3 Å². The van der Waals surface area contributed by atoms with Gasteiger partial charge in [0, 0.05) is 23.8 Å². The first kappa shape index (κ1) is 13.8. The molecule has 0 spiro atoms. The molecule has 0 heterocycles. The lowest BCUT2D eigenvalue weighted by molar-refractivity contribution is 0.217. The fraction of sp³-hybridized carbons (Fsp3) is 0.462. The van der Waals surface area contributed by atoms with E-state index in [1.54, 1.807) is 4.90 Å². The molecule has 0 saturated carbocycles. The van der Waals surface area contributed by atoms with E-state index >= 15 is 0 Å². The third kappa shape index (κ3) is 3.37. The molecule has 17 heavy (non-hydrogen) atoms. The molecule has 0 aliphatic rings. The Kier molecular flexibility index (Phi) is 4.82. The quantitative estimate of drug-likeness (QED) is 0.874. The molecule has 0 saturated heterocycles. The lowest BCUT2D eigenvalue weighted by Crippen LogP contribution is -2.34. The second-order valence-corrected chi connectivity index (χ2v) is 4.40. The summed E-state index contributed by atoms with van der Waals surface area (Å²) in [6, 6.07) is 3.70. The van der Waals surface area contributed by atoms with Gasteiger partial charge < -0.3 is 10.2 Å². The molecule has 1 rings (SSSR count). The van der Waals surface area contributed by atoms with Crippen LogP contribution in [-0.4, -0.2) is 24.0 Å². The van der Waals surface area contributed by atoms with Crippen molar-refractivity contribution in [2.24, 2.45) is 0 Å². The van der Waals surface area contributed by atoms with E-state index in [-0.39, 0.29) is 6.03 Å². The number of nitrogens with one attached hydrogen (secondary N) is 1. The van der Waals surface area contributed by atoms with Gasteiger partial charge in [0.1, 0.15) is 0 Å². The molecule has 3 nitrogen and oxygen atoms in total. The second kappa shape index (κ2) is 5.92. The number of hydrogen-bond acceptors (Lipinski definition) is 1. The van der Waals surface area contributed by atoms with Crippen molar-refractivity contribution in [2.75, 3.05) is 18.4 Å². The zero-order chi connectivity index (χ0) is 13.0. The number of amides is 2. The molecule has 0 unspecified atom stereocenters. The molecule has 0 aliphatic heterocycles. The molecule has 0 aromatic heterocycles. The summed E-state index contributed by atoms with van der Waals surface area (Å²) in [7, 11) is 0. The first-order valence-electron chi connectivity index (χ1n) is 5.82. The fourth-order valence-electron chi connectivity index (χ4n) is 1.73. The number of anilines is 1. The highest BCUT2D eigenvalue weighted by molar-refractivity contribution is 6.32. The topological polar surface area (TPSA) is 32.3 Å². The summed E-state index contributed by atoms with van der Waals surface area (Å²) in [5.41, 5.74) is 2.74. The third-order valence-electron chi connectivity index (χ3n) is 2.74. The maximum Gasteiger partial charge on any atom is 0.321 e. The van der Waals surface area contributed by atoms with Crippen molar-refractivity contribution in [3.8, 4) is 0 Å². The van der Waals surface area contributed by atoms with E-state index < -0.39 is 0 Å². The molecule has 1 N–H and O–H groups in total. The van der Waals surface area contributed by atoms with Gasteiger partial charge in [0.05, 0.1) is 0 Å². The van der Waals surface area contributed by atoms with E-state index in [0.717, 1.165) is 21.8 Å². The van der Waals surface area contributed by atoms with Crippen LogP contribution >= 0.6 is 11.6 Å². The van der Waals surface area contributed by atoms with Crippen LogP contribution in [0, 0.1) is 13.8 Å². The molecule has 0 bridgehead atoms. The molecular weight excluding hydrogens is 236 g/mol. The number of halogens is 1. The highest BCUT2D eigenvalue weighted by Crippen LogP contribution is 2.24. The minimum absolute atomic E-state index is 0.0730. The zero-order valence-corrected chi connectivity index (χ0v) is 11.6. The molecule has 1 aromatic rings. The number of urea groups is 1. The highest BCUT2D eigenvalue weighted by Gasteiger charge is 2.10. The average Bonchev–Trinajstić information content (AvgIpc) is 2.27. The predicted molar refractivity (Wildman–Crippen MR) is 72.9 cm³/mol. The number of nitrogens with zero attached hydrogens (tertiary/aromatic N) is 1. The summed E-state index contributed by atoms with van der Waals surface area (Å²) < 4.78 is 0. The molecule has 0 radical (unpaired) electrons. The van der Waals surface area contributed by atoms with Crippen LogP contribution in [0.25, 0.3) is 0 Å². The minimum atomic E-state index is -0.0730. The van der Waals surface area contributed by atoms with Crippen LogP contribution in [0.1, 0.15) is 25.0 Å². The third-order valence-corrected chi connectivity index (χ3v) is 3.33. The van der Waals surface area contributed by atoms with Gasteiger partial charge in [0.2, 0.25) is 0 Å². The van der Waals surface area contributed by atoms with Gasteiger partial charge in [-0.3, -0.25) is 0 Å². The van der Waals surface area contributed by atoms with Crippen LogP contribution in [0.2, 0.25) is 5.02 Å². The van der Waals surface area contributed by atoms with E-state index in [1.165, 1.54) is 0 Å². The van der Waals surface area contributed by atoms with Crippen LogP contribution in [0.4, 0.5) is 10.5 Å².